The summed E-state index contributed by atoms with van der Waals surface area (Å²) in [4.78, 5) is 12.5. The van der Waals surface area contributed by atoms with Crippen LogP contribution in [0.15, 0.2) is 63.6 Å². The molecule has 0 saturated carbocycles. The van der Waals surface area contributed by atoms with Crippen molar-refractivity contribution in [2.75, 3.05) is 0 Å². The van der Waals surface area contributed by atoms with E-state index in [9.17, 15) is 4.79 Å². The number of fused-ring (bicyclic) bond motifs is 2. The molecule has 132 valence electrons. The normalized spacial score (nSPS) is 24.1. The predicted molar refractivity (Wildman–Crippen MR) is 97.7 cm³/mol. The summed E-state index contributed by atoms with van der Waals surface area (Å²) in [5, 5.41) is 6.64. The summed E-state index contributed by atoms with van der Waals surface area (Å²) in [5.41, 5.74) is 1.94. The minimum absolute atomic E-state index is 0.136. The first-order chi connectivity index (χ1) is 12.8. The molecular weight excluding hydrogens is 328 g/mol. The molecule has 3 aromatic rings. The zero-order valence-corrected chi connectivity index (χ0v) is 14.3. The lowest BCUT2D eigenvalue weighted by molar-refractivity contribution is 0.0903. The first-order valence-electron chi connectivity index (χ1n) is 9.07. The highest BCUT2D eigenvalue weighted by molar-refractivity contribution is 5.92. The highest BCUT2D eigenvalue weighted by Crippen LogP contribution is 2.29. The van der Waals surface area contributed by atoms with Gasteiger partial charge in [-0.25, -0.2) is 0 Å². The van der Waals surface area contributed by atoms with Gasteiger partial charge < -0.3 is 19.5 Å². The van der Waals surface area contributed by atoms with E-state index in [2.05, 4.69) is 10.6 Å². The second kappa shape index (κ2) is 6.18. The summed E-state index contributed by atoms with van der Waals surface area (Å²) >= 11 is 0. The van der Waals surface area contributed by atoms with E-state index in [0.717, 1.165) is 29.7 Å². The average Bonchev–Trinajstić information content (AvgIpc) is 3.46. The van der Waals surface area contributed by atoms with Gasteiger partial charge in [-0.15, -0.1) is 0 Å². The third-order valence-corrected chi connectivity index (χ3v) is 5.42. The molecule has 1 aromatic carbocycles. The largest absolute Gasteiger partial charge is 0.464 e. The Morgan fingerprint density at radius 1 is 1.00 bits per heavy atom. The molecule has 4 heterocycles. The fraction of sp³-hybridized carbons (Fsp3) is 0.286. The SMILES string of the molecule is O=C(NC1CC2CCC1N2)c1ccc(-c2ccc(-c3ccco3)cc2)o1. The van der Waals surface area contributed by atoms with Gasteiger partial charge in [-0.2, -0.15) is 0 Å². The first kappa shape index (κ1) is 15.5. The van der Waals surface area contributed by atoms with Crippen LogP contribution in [0, 0.1) is 0 Å². The lowest BCUT2D eigenvalue weighted by atomic mass is 9.95. The van der Waals surface area contributed by atoms with Gasteiger partial charge in [0.25, 0.3) is 5.91 Å². The number of furan rings is 2. The molecular formula is C21H20N2O3. The summed E-state index contributed by atoms with van der Waals surface area (Å²) in [6, 6.07) is 16.5. The lowest BCUT2D eigenvalue weighted by Gasteiger charge is -2.20. The maximum atomic E-state index is 12.5. The van der Waals surface area contributed by atoms with E-state index in [1.165, 1.54) is 6.42 Å². The van der Waals surface area contributed by atoms with E-state index >= 15 is 0 Å². The summed E-state index contributed by atoms with van der Waals surface area (Å²) in [5.74, 6) is 1.74. The third kappa shape index (κ3) is 2.74. The van der Waals surface area contributed by atoms with Crippen LogP contribution in [0.5, 0.6) is 0 Å². The molecule has 2 aliphatic heterocycles. The Labute approximate surface area is 151 Å². The minimum Gasteiger partial charge on any atom is -0.464 e. The number of carbonyl (C=O) groups excluding carboxylic acids is 1. The van der Waals surface area contributed by atoms with Crippen LogP contribution in [0.4, 0.5) is 0 Å². The second-order valence-electron chi connectivity index (χ2n) is 7.08. The van der Waals surface area contributed by atoms with E-state index in [4.69, 9.17) is 8.83 Å². The van der Waals surface area contributed by atoms with Gasteiger partial charge in [-0.1, -0.05) is 24.3 Å². The molecule has 2 saturated heterocycles. The maximum Gasteiger partial charge on any atom is 0.287 e. The van der Waals surface area contributed by atoms with E-state index in [1.54, 1.807) is 12.3 Å². The molecule has 0 aliphatic carbocycles. The van der Waals surface area contributed by atoms with E-state index in [1.807, 2.05) is 42.5 Å². The molecule has 2 fully saturated rings. The van der Waals surface area contributed by atoms with Gasteiger partial charge in [-0.3, -0.25) is 4.79 Å². The Morgan fingerprint density at radius 2 is 1.81 bits per heavy atom. The molecule has 1 amide bonds. The van der Waals surface area contributed by atoms with E-state index < -0.39 is 0 Å². The number of carbonyl (C=O) groups is 1. The van der Waals surface area contributed by atoms with E-state index in [0.29, 0.717) is 23.6 Å². The Balaban J connectivity index is 1.29. The van der Waals surface area contributed by atoms with Crippen molar-refractivity contribution in [1.29, 1.82) is 0 Å². The fourth-order valence-electron chi connectivity index (χ4n) is 4.08. The third-order valence-electron chi connectivity index (χ3n) is 5.42. The number of hydrogen-bond donors (Lipinski definition) is 2. The molecule has 2 N–H and O–H groups in total. The van der Waals surface area contributed by atoms with Crippen LogP contribution in [-0.4, -0.2) is 24.0 Å². The molecule has 5 heteroatoms. The van der Waals surface area contributed by atoms with Crippen molar-refractivity contribution in [3.05, 3.63) is 60.6 Å². The smallest absolute Gasteiger partial charge is 0.287 e. The van der Waals surface area contributed by atoms with Gasteiger partial charge in [0.1, 0.15) is 11.5 Å². The molecule has 2 bridgehead atoms. The Kier molecular flexibility index (Phi) is 3.68. The number of amides is 1. The van der Waals surface area contributed by atoms with Gasteiger partial charge in [0.15, 0.2) is 5.76 Å². The van der Waals surface area contributed by atoms with Crippen molar-refractivity contribution in [2.45, 2.75) is 37.4 Å². The van der Waals surface area contributed by atoms with Crippen LogP contribution in [0.3, 0.4) is 0 Å². The quantitative estimate of drug-likeness (QED) is 0.752. The fourth-order valence-corrected chi connectivity index (χ4v) is 4.08. The molecule has 0 spiro atoms. The molecule has 26 heavy (non-hydrogen) atoms. The summed E-state index contributed by atoms with van der Waals surface area (Å²) in [7, 11) is 0. The second-order valence-corrected chi connectivity index (χ2v) is 7.08. The van der Waals surface area contributed by atoms with Crippen molar-refractivity contribution in [3.63, 3.8) is 0 Å². The topological polar surface area (TPSA) is 67.4 Å². The lowest BCUT2D eigenvalue weighted by Crippen LogP contribution is -2.42. The van der Waals surface area contributed by atoms with Crippen molar-refractivity contribution >= 4 is 5.91 Å². The maximum absolute atomic E-state index is 12.5. The molecule has 0 radical (unpaired) electrons. The highest BCUT2D eigenvalue weighted by atomic mass is 16.4. The highest BCUT2D eigenvalue weighted by Gasteiger charge is 2.39. The molecule has 2 aliphatic rings. The zero-order chi connectivity index (χ0) is 17.5. The van der Waals surface area contributed by atoms with Gasteiger partial charge >= 0.3 is 0 Å². The average molecular weight is 348 g/mol. The van der Waals surface area contributed by atoms with Crippen molar-refractivity contribution in [1.82, 2.24) is 10.6 Å². The van der Waals surface area contributed by atoms with Crippen LogP contribution in [0.25, 0.3) is 22.6 Å². The molecule has 2 aromatic heterocycles. The van der Waals surface area contributed by atoms with Gasteiger partial charge in [0.2, 0.25) is 0 Å². The standard InChI is InChI=1S/C21H20N2O3/c24-21(23-17-12-15-7-8-16(17)22-15)20-10-9-19(26-20)14-5-3-13(4-6-14)18-2-1-11-25-18/h1-6,9-11,15-17,22H,7-8,12H2,(H,23,24). The van der Waals surface area contributed by atoms with Gasteiger partial charge in [0, 0.05) is 29.3 Å². The molecule has 5 nitrogen and oxygen atoms in total. The molecule has 3 atom stereocenters. The van der Waals surface area contributed by atoms with Gasteiger partial charge in [-0.05, 0) is 43.5 Å². The van der Waals surface area contributed by atoms with E-state index in [-0.39, 0.29) is 11.9 Å². The monoisotopic (exact) mass is 348 g/mol. The zero-order valence-electron chi connectivity index (χ0n) is 14.3. The van der Waals surface area contributed by atoms with Crippen LogP contribution < -0.4 is 10.6 Å². The van der Waals surface area contributed by atoms with Crippen LogP contribution in [0.1, 0.15) is 29.8 Å². The van der Waals surface area contributed by atoms with Crippen LogP contribution >= 0.6 is 0 Å². The number of hydrogen-bond acceptors (Lipinski definition) is 4. The van der Waals surface area contributed by atoms with Crippen LogP contribution in [0.2, 0.25) is 0 Å². The first-order valence-corrected chi connectivity index (χ1v) is 9.07. The summed E-state index contributed by atoms with van der Waals surface area (Å²) in [6.07, 6.45) is 5.03. The Hall–Kier alpha value is -2.79. The molecule has 3 unspecified atom stereocenters. The Morgan fingerprint density at radius 3 is 2.46 bits per heavy atom. The van der Waals surface area contributed by atoms with Crippen molar-refractivity contribution < 1.29 is 13.6 Å². The van der Waals surface area contributed by atoms with Crippen LogP contribution in [-0.2, 0) is 0 Å². The predicted octanol–water partition coefficient (Wildman–Crippen LogP) is 3.83. The number of benzene rings is 1. The number of nitrogens with one attached hydrogen (secondary N) is 2. The van der Waals surface area contributed by atoms with Crippen molar-refractivity contribution in [2.24, 2.45) is 0 Å². The Bertz CT molecular complexity index is 911. The number of rotatable bonds is 4. The summed E-state index contributed by atoms with van der Waals surface area (Å²) < 4.78 is 11.2. The summed E-state index contributed by atoms with van der Waals surface area (Å²) in [6.45, 7) is 0. The van der Waals surface area contributed by atoms with Crippen molar-refractivity contribution in [3.8, 4) is 22.6 Å². The van der Waals surface area contributed by atoms with Gasteiger partial charge in [0.05, 0.1) is 6.26 Å². The molecule has 5 rings (SSSR count). The minimum atomic E-state index is -0.136.